The highest BCUT2D eigenvalue weighted by molar-refractivity contribution is 5.79. The van der Waals surface area contributed by atoms with Crippen molar-refractivity contribution in [3.63, 3.8) is 0 Å². The number of rotatable bonds is 5. The molecule has 27 heavy (non-hydrogen) atoms. The lowest BCUT2D eigenvalue weighted by atomic mass is 9.97. The van der Waals surface area contributed by atoms with Crippen LogP contribution in [0.5, 0.6) is 0 Å². The van der Waals surface area contributed by atoms with Gasteiger partial charge in [0.2, 0.25) is 0 Å². The third-order valence-electron chi connectivity index (χ3n) is 5.40. The molecule has 1 aromatic heterocycles. The smallest absolute Gasteiger partial charge is 0.191 e. The number of aromatic nitrogens is 3. The van der Waals surface area contributed by atoms with E-state index in [-0.39, 0.29) is 0 Å². The summed E-state index contributed by atoms with van der Waals surface area (Å²) in [5.41, 5.74) is 1.38. The number of likely N-dealkylation sites (tertiary alicyclic amines) is 1. The first-order chi connectivity index (χ1) is 13.1. The molecule has 0 amide bonds. The van der Waals surface area contributed by atoms with E-state index in [0.29, 0.717) is 18.6 Å². The molecule has 1 aromatic carbocycles. The molecule has 2 aromatic rings. The average Bonchev–Trinajstić information content (AvgIpc) is 3.00. The minimum absolute atomic E-state index is 0.430. The number of piperidine rings is 1. The topological polar surface area (TPSA) is 70.4 Å². The van der Waals surface area contributed by atoms with Crippen LogP contribution in [0.2, 0.25) is 0 Å². The Kier molecular flexibility index (Phi) is 6.45. The summed E-state index contributed by atoms with van der Waals surface area (Å²) in [6.45, 7) is 6.99. The third-order valence-corrected chi connectivity index (χ3v) is 5.40. The van der Waals surface area contributed by atoms with E-state index in [1.165, 1.54) is 5.56 Å². The summed E-state index contributed by atoms with van der Waals surface area (Å²) < 4.78 is 1.99. The number of hydrogen-bond acceptors (Lipinski definition) is 4. The van der Waals surface area contributed by atoms with Gasteiger partial charge in [-0.3, -0.25) is 9.89 Å². The zero-order valence-electron chi connectivity index (χ0n) is 16.8. The van der Waals surface area contributed by atoms with E-state index in [2.05, 4.69) is 68.0 Å². The maximum Gasteiger partial charge on any atom is 0.191 e. The number of nitrogens with zero attached hydrogens (tertiary/aromatic N) is 5. The highest BCUT2D eigenvalue weighted by Crippen LogP contribution is 2.19. The van der Waals surface area contributed by atoms with Crippen LogP contribution in [0.1, 0.15) is 37.0 Å². The number of hydrogen-bond donors (Lipinski definition) is 2. The Morgan fingerprint density at radius 1 is 1.26 bits per heavy atom. The van der Waals surface area contributed by atoms with Crippen LogP contribution in [0.4, 0.5) is 0 Å². The van der Waals surface area contributed by atoms with E-state index in [4.69, 9.17) is 0 Å². The van der Waals surface area contributed by atoms with E-state index in [1.807, 2.05) is 25.6 Å². The van der Waals surface area contributed by atoms with Crippen LogP contribution in [-0.4, -0.2) is 51.3 Å². The van der Waals surface area contributed by atoms with Crippen molar-refractivity contribution in [2.24, 2.45) is 12.0 Å². The van der Waals surface area contributed by atoms with Crippen LogP contribution in [0.25, 0.3) is 0 Å². The molecule has 2 N–H and O–H groups in total. The fourth-order valence-corrected chi connectivity index (χ4v) is 3.56. The molecule has 1 aliphatic heterocycles. The molecule has 146 valence electrons. The monoisotopic (exact) mass is 369 g/mol. The van der Waals surface area contributed by atoms with Crippen LogP contribution in [0.15, 0.2) is 35.3 Å². The molecule has 1 fully saturated rings. The second-order valence-corrected chi connectivity index (χ2v) is 7.32. The zero-order valence-corrected chi connectivity index (χ0v) is 16.8. The summed E-state index contributed by atoms with van der Waals surface area (Å²) in [7, 11) is 3.79. The van der Waals surface area contributed by atoms with Gasteiger partial charge in [0.15, 0.2) is 11.8 Å². The van der Waals surface area contributed by atoms with Gasteiger partial charge in [0.1, 0.15) is 5.82 Å². The summed E-state index contributed by atoms with van der Waals surface area (Å²) in [5, 5.41) is 15.2. The molecule has 7 nitrogen and oxygen atoms in total. The lowest BCUT2D eigenvalue weighted by Gasteiger charge is -2.38. The van der Waals surface area contributed by atoms with Gasteiger partial charge >= 0.3 is 0 Å². The van der Waals surface area contributed by atoms with Gasteiger partial charge in [0.05, 0.1) is 6.54 Å². The first-order valence-corrected chi connectivity index (χ1v) is 9.67. The Morgan fingerprint density at radius 3 is 2.67 bits per heavy atom. The minimum Gasteiger partial charge on any atom is -0.354 e. The highest BCUT2D eigenvalue weighted by Gasteiger charge is 2.26. The van der Waals surface area contributed by atoms with Crippen LogP contribution in [0, 0.1) is 6.92 Å². The van der Waals surface area contributed by atoms with Gasteiger partial charge in [-0.2, -0.15) is 0 Å². The largest absolute Gasteiger partial charge is 0.354 e. The summed E-state index contributed by atoms with van der Waals surface area (Å²) in [6.07, 6.45) is 2.22. The van der Waals surface area contributed by atoms with E-state index in [9.17, 15) is 0 Å². The quantitative estimate of drug-likeness (QED) is 0.622. The first-order valence-electron chi connectivity index (χ1n) is 9.67. The second kappa shape index (κ2) is 8.99. The Morgan fingerprint density at radius 2 is 2.04 bits per heavy atom. The van der Waals surface area contributed by atoms with Crippen molar-refractivity contribution in [2.45, 2.75) is 51.9 Å². The maximum absolute atomic E-state index is 4.37. The third kappa shape index (κ3) is 5.07. The molecule has 0 spiro atoms. The molecule has 0 radical (unpaired) electrons. The van der Waals surface area contributed by atoms with Gasteiger partial charge < -0.3 is 15.2 Å². The Labute approximate surface area is 161 Å². The van der Waals surface area contributed by atoms with Crippen molar-refractivity contribution in [2.75, 3.05) is 13.6 Å². The predicted octanol–water partition coefficient (Wildman–Crippen LogP) is 1.84. The molecule has 7 heteroatoms. The molecule has 1 saturated heterocycles. The second-order valence-electron chi connectivity index (χ2n) is 7.32. The lowest BCUT2D eigenvalue weighted by Crippen LogP contribution is -2.51. The SMILES string of the molecule is CN=C(NCc1nnc(C)n1C)NC1CCN(Cc2ccccc2)C(C)C1. The van der Waals surface area contributed by atoms with E-state index >= 15 is 0 Å². The molecule has 0 saturated carbocycles. The maximum atomic E-state index is 4.37. The van der Waals surface area contributed by atoms with Gasteiger partial charge in [0, 0.05) is 39.3 Å². The molecule has 0 bridgehead atoms. The standard InChI is InChI=1S/C20H31N7/c1-15-12-18(10-11-27(15)14-17-8-6-5-7-9-17)23-20(21-3)22-13-19-25-24-16(2)26(19)4/h5-9,15,18H,10-14H2,1-4H3,(H2,21,22,23). The minimum atomic E-state index is 0.430. The number of benzene rings is 1. The van der Waals surface area contributed by atoms with E-state index < -0.39 is 0 Å². The molecular weight excluding hydrogens is 338 g/mol. The predicted molar refractivity (Wildman–Crippen MR) is 108 cm³/mol. The molecule has 1 aliphatic rings. The van der Waals surface area contributed by atoms with Crippen LogP contribution >= 0.6 is 0 Å². The fourth-order valence-electron chi connectivity index (χ4n) is 3.56. The summed E-state index contributed by atoms with van der Waals surface area (Å²) in [6, 6.07) is 11.7. The Bertz CT molecular complexity index is 753. The van der Waals surface area contributed by atoms with Crippen LogP contribution < -0.4 is 10.6 Å². The van der Waals surface area contributed by atoms with Gasteiger partial charge in [-0.15, -0.1) is 10.2 Å². The Hall–Kier alpha value is -2.41. The molecule has 2 heterocycles. The molecule has 3 rings (SSSR count). The number of aliphatic imine (C=N–C) groups is 1. The lowest BCUT2D eigenvalue weighted by molar-refractivity contribution is 0.134. The summed E-state index contributed by atoms with van der Waals surface area (Å²) in [4.78, 5) is 6.93. The number of guanidine groups is 1. The van der Waals surface area contributed by atoms with Gasteiger partial charge in [-0.25, -0.2) is 0 Å². The number of nitrogens with one attached hydrogen (secondary N) is 2. The average molecular weight is 370 g/mol. The molecule has 2 unspecified atom stereocenters. The van der Waals surface area contributed by atoms with Crippen LogP contribution in [0.3, 0.4) is 0 Å². The number of aryl methyl sites for hydroxylation is 1. The zero-order chi connectivity index (χ0) is 19.2. The Balaban J connectivity index is 1.48. The molecule has 2 atom stereocenters. The van der Waals surface area contributed by atoms with Crippen molar-refractivity contribution in [1.29, 1.82) is 0 Å². The van der Waals surface area contributed by atoms with Crippen molar-refractivity contribution >= 4 is 5.96 Å². The van der Waals surface area contributed by atoms with Gasteiger partial charge in [-0.1, -0.05) is 30.3 Å². The molecule has 0 aliphatic carbocycles. The fraction of sp³-hybridized carbons (Fsp3) is 0.550. The summed E-state index contributed by atoms with van der Waals surface area (Å²) >= 11 is 0. The van der Waals surface area contributed by atoms with Gasteiger partial charge in [0.25, 0.3) is 0 Å². The van der Waals surface area contributed by atoms with Crippen molar-refractivity contribution in [1.82, 2.24) is 30.3 Å². The molecular formula is C20H31N7. The van der Waals surface area contributed by atoms with E-state index in [1.54, 1.807) is 0 Å². The summed E-state index contributed by atoms with van der Waals surface area (Å²) in [5.74, 6) is 2.64. The van der Waals surface area contributed by atoms with Crippen molar-refractivity contribution in [3.05, 3.63) is 47.5 Å². The van der Waals surface area contributed by atoms with Crippen molar-refractivity contribution < 1.29 is 0 Å². The van der Waals surface area contributed by atoms with Crippen LogP contribution in [-0.2, 0) is 20.1 Å². The highest BCUT2D eigenvalue weighted by atomic mass is 15.3. The van der Waals surface area contributed by atoms with Crippen molar-refractivity contribution in [3.8, 4) is 0 Å². The van der Waals surface area contributed by atoms with Gasteiger partial charge in [-0.05, 0) is 32.3 Å². The first kappa shape index (κ1) is 19.4. The normalized spacial score (nSPS) is 21.3. The van der Waals surface area contributed by atoms with E-state index in [0.717, 1.165) is 43.5 Å².